The Morgan fingerprint density at radius 3 is 2.50 bits per heavy atom. The number of aromatic nitrogens is 2. The van der Waals surface area contributed by atoms with Crippen LogP contribution in [-0.4, -0.2) is 57.3 Å². The van der Waals surface area contributed by atoms with E-state index in [0.717, 1.165) is 16.7 Å². The predicted molar refractivity (Wildman–Crippen MR) is 177 cm³/mol. The van der Waals surface area contributed by atoms with E-state index < -0.39 is 41.7 Å². The standard InChI is InChI=1S/C35H43N5O8/c1-22(26(15-17-29(36)41)37-33(44)48-35(2,3)4)47-20-24-13-11-23(12-14-24)8-7-19-46-21-25-9-6-10-27-31(25)39(5)34(45)40(27)28-16-18-30(42)38-32(28)43/h6,9-14,22,26,28H,15-21H2,1-5H3,(H2,36,41)(H,37,44)(H,38,42,43)/t22-,26+,28?/m1/s1. The Bertz CT molecular complexity index is 1770. The number of carbonyl (C=O) groups is 4. The van der Waals surface area contributed by atoms with Crippen molar-refractivity contribution in [2.75, 3.05) is 6.61 Å². The molecule has 1 unspecified atom stereocenters. The van der Waals surface area contributed by atoms with Gasteiger partial charge in [-0.25, -0.2) is 9.59 Å². The van der Waals surface area contributed by atoms with Crippen LogP contribution in [0.3, 0.4) is 0 Å². The summed E-state index contributed by atoms with van der Waals surface area (Å²) in [7, 11) is 1.65. The molecule has 4 amide bonds. The zero-order valence-corrected chi connectivity index (χ0v) is 28.0. The van der Waals surface area contributed by atoms with Crippen molar-refractivity contribution in [2.24, 2.45) is 12.8 Å². The van der Waals surface area contributed by atoms with E-state index in [2.05, 4.69) is 22.5 Å². The highest BCUT2D eigenvalue weighted by molar-refractivity contribution is 6.00. The van der Waals surface area contributed by atoms with Crippen molar-refractivity contribution in [1.82, 2.24) is 19.8 Å². The minimum atomic E-state index is -0.756. The highest BCUT2D eigenvalue weighted by Gasteiger charge is 2.31. The summed E-state index contributed by atoms with van der Waals surface area (Å²) >= 11 is 0. The molecule has 1 aliphatic rings. The molecule has 0 radical (unpaired) electrons. The van der Waals surface area contributed by atoms with Crippen LogP contribution < -0.4 is 22.1 Å². The number of benzene rings is 2. The Morgan fingerprint density at radius 1 is 1.10 bits per heavy atom. The monoisotopic (exact) mass is 661 g/mol. The molecule has 48 heavy (non-hydrogen) atoms. The van der Waals surface area contributed by atoms with Gasteiger partial charge in [0, 0.05) is 31.0 Å². The molecule has 0 saturated carbocycles. The SMILES string of the molecule is C[C@@H](OCc1ccc(C#CCOCc2cccc3c2n(C)c(=O)n3C2CCC(=O)NC2=O)cc1)[C@H](CCC(N)=O)NC(=O)OC(C)(C)C. The number of rotatable bonds is 12. The molecule has 256 valence electrons. The van der Waals surface area contributed by atoms with Crippen LogP contribution in [0.2, 0.25) is 0 Å². The first-order valence-electron chi connectivity index (χ1n) is 15.8. The van der Waals surface area contributed by atoms with Gasteiger partial charge in [-0.15, -0.1) is 0 Å². The summed E-state index contributed by atoms with van der Waals surface area (Å²) in [6.07, 6.45) is -0.165. The second kappa shape index (κ2) is 15.8. The van der Waals surface area contributed by atoms with E-state index in [1.807, 2.05) is 37.3 Å². The molecule has 4 rings (SSSR count). The number of nitrogens with two attached hydrogens (primary N) is 1. The number of hydrogen-bond donors (Lipinski definition) is 3. The van der Waals surface area contributed by atoms with E-state index in [0.29, 0.717) is 17.5 Å². The van der Waals surface area contributed by atoms with Crippen molar-refractivity contribution >= 4 is 34.8 Å². The van der Waals surface area contributed by atoms with E-state index in [4.69, 9.17) is 19.9 Å². The van der Waals surface area contributed by atoms with Crippen LogP contribution in [0.5, 0.6) is 0 Å². The van der Waals surface area contributed by atoms with Crippen molar-refractivity contribution in [2.45, 2.75) is 90.4 Å². The fraction of sp³-hybridized carbons (Fsp3) is 0.457. The lowest BCUT2D eigenvalue weighted by Crippen LogP contribution is -2.45. The van der Waals surface area contributed by atoms with Crippen molar-refractivity contribution in [3.63, 3.8) is 0 Å². The Labute approximate surface area is 279 Å². The van der Waals surface area contributed by atoms with Gasteiger partial charge in [0.25, 0.3) is 0 Å². The van der Waals surface area contributed by atoms with Crippen molar-refractivity contribution in [3.05, 3.63) is 69.6 Å². The number of nitrogens with zero attached hydrogens (tertiary/aromatic N) is 2. The normalized spacial score (nSPS) is 16.1. The number of imide groups is 1. The molecule has 0 bridgehead atoms. The van der Waals surface area contributed by atoms with Crippen LogP contribution in [0.25, 0.3) is 11.0 Å². The first kappa shape index (κ1) is 35.9. The van der Waals surface area contributed by atoms with Gasteiger partial charge in [0.1, 0.15) is 18.2 Å². The van der Waals surface area contributed by atoms with E-state index in [-0.39, 0.29) is 50.7 Å². The Morgan fingerprint density at radius 2 is 1.83 bits per heavy atom. The third-order valence-electron chi connectivity index (χ3n) is 7.81. The topological polar surface area (TPSA) is 173 Å². The molecule has 0 spiro atoms. The van der Waals surface area contributed by atoms with Gasteiger partial charge in [0.05, 0.1) is 36.4 Å². The molecular weight excluding hydrogens is 618 g/mol. The van der Waals surface area contributed by atoms with Crippen molar-refractivity contribution in [3.8, 4) is 11.8 Å². The van der Waals surface area contributed by atoms with Crippen molar-refractivity contribution in [1.29, 1.82) is 0 Å². The van der Waals surface area contributed by atoms with Gasteiger partial charge in [-0.1, -0.05) is 36.1 Å². The molecule has 13 heteroatoms. The molecule has 1 saturated heterocycles. The van der Waals surface area contributed by atoms with Crippen molar-refractivity contribution < 1.29 is 33.4 Å². The maximum absolute atomic E-state index is 13.1. The number of fused-ring (bicyclic) bond motifs is 1. The smallest absolute Gasteiger partial charge is 0.407 e. The lowest BCUT2D eigenvalue weighted by Gasteiger charge is -2.27. The first-order valence-corrected chi connectivity index (χ1v) is 15.8. The second-order valence-electron chi connectivity index (χ2n) is 12.7. The molecule has 4 N–H and O–H groups in total. The minimum absolute atomic E-state index is 0.0959. The van der Waals surface area contributed by atoms with Gasteiger partial charge in [-0.2, -0.15) is 0 Å². The molecular formula is C35H43N5O8. The molecule has 0 aliphatic carbocycles. The Hall–Kier alpha value is -4.93. The van der Waals surface area contributed by atoms with E-state index in [1.54, 1.807) is 40.0 Å². The lowest BCUT2D eigenvalue weighted by molar-refractivity contribution is -0.135. The number of hydrogen-bond acceptors (Lipinski definition) is 8. The van der Waals surface area contributed by atoms with Gasteiger partial charge in [0.2, 0.25) is 17.7 Å². The fourth-order valence-corrected chi connectivity index (χ4v) is 5.43. The number of nitrogens with one attached hydrogen (secondary N) is 2. The summed E-state index contributed by atoms with van der Waals surface area (Å²) in [5.41, 5.74) is 8.04. The number of para-hydroxylation sites is 1. The molecule has 1 fully saturated rings. The Kier molecular flexibility index (Phi) is 11.8. The summed E-state index contributed by atoms with van der Waals surface area (Å²) < 4.78 is 20.1. The molecule has 1 aromatic heterocycles. The maximum atomic E-state index is 13.1. The van der Waals surface area contributed by atoms with Gasteiger partial charge in [0.15, 0.2) is 0 Å². The summed E-state index contributed by atoms with van der Waals surface area (Å²) in [4.78, 5) is 60.9. The number of alkyl carbamates (subject to hydrolysis) is 1. The number of imidazole rings is 1. The van der Waals surface area contributed by atoms with Gasteiger partial charge in [-0.3, -0.25) is 28.8 Å². The molecule has 2 aromatic carbocycles. The zero-order valence-electron chi connectivity index (χ0n) is 28.0. The minimum Gasteiger partial charge on any atom is -0.444 e. The summed E-state index contributed by atoms with van der Waals surface area (Å²) in [5.74, 6) is 4.79. The summed E-state index contributed by atoms with van der Waals surface area (Å²) in [5, 5.41) is 5.10. The number of piperidine rings is 1. The number of ether oxygens (including phenoxy) is 3. The van der Waals surface area contributed by atoms with Crippen LogP contribution in [0.15, 0.2) is 47.3 Å². The quantitative estimate of drug-likeness (QED) is 0.151. The van der Waals surface area contributed by atoms with Crippen LogP contribution >= 0.6 is 0 Å². The third kappa shape index (κ3) is 9.56. The second-order valence-corrected chi connectivity index (χ2v) is 12.7. The van der Waals surface area contributed by atoms with Crippen LogP contribution in [0, 0.1) is 11.8 Å². The molecule has 13 nitrogen and oxygen atoms in total. The third-order valence-corrected chi connectivity index (χ3v) is 7.81. The fourth-order valence-electron chi connectivity index (χ4n) is 5.43. The highest BCUT2D eigenvalue weighted by atomic mass is 16.6. The molecule has 2 heterocycles. The summed E-state index contributed by atoms with van der Waals surface area (Å²) in [6, 6.07) is 11.7. The number of carbonyl (C=O) groups excluding carboxylic acids is 4. The van der Waals surface area contributed by atoms with E-state index in [1.165, 1.54) is 9.13 Å². The van der Waals surface area contributed by atoms with Gasteiger partial charge in [-0.05, 0) is 64.3 Å². The largest absolute Gasteiger partial charge is 0.444 e. The van der Waals surface area contributed by atoms with Crippen LogP contribution in [0.4, 0.5) is 4.79 Å². The summed E-state index contributed by atoms with van der Waals surface area (Å²) in [6.45, 7) is 7.76. The van der Waals surface area contributed by atoms with Gasteiger partial charge >= 0.3 is 11.8 Å². The maximum Gasteiger partial charge on any atom is 0.407 e. The lowest BCUT2D eigenvalue weighted by atomic mass is 10.1. The first-order chi connectivity index (χ1) is 22.7. The molecule has 3 atom stereocenters. The van der Waals surface area contributed by atoms with Crippen LogP contribution in [0.1, 0.15) is 76.1 Å². The predicted octanol–water partition coefficient (Wildman–Crippen LogP) is 2.95. The number of aryl methyl sites for hydroxylation is 1. The molecule has 3 aromatic rings. The average Bonchev–Trinajstić information content (AvgIpc) is 3.27. The number of primary amides is 1. The Balaban J connectivity index is 1.31. The van der Waals surface area contributed by atoms with E-state index in [9.17, 15) is 24.0 Å². The average molecular weight is 662 g/mol. The van der Waals surface area contributed by atoms with E-state index >= 15 is 0 Å². The highest BCUT2D eigenvalue weighted by Crippen LogP contribution is 2.25. The van der Waals surface area contributed by atoms with Gasteiger partial charge < -0.3 is 25.3 Å². The zero-order chi connectivity index (χ0) is 35.0. The van der Waals surface area contributed by atoms with Crippen LogP contribution in [-0.2, 0) is 48.9 Å². The molecule has 1 aliphatic heterocycles. The number of amides is 4.